The summed E-state index contributed by atoms with van der Waals surface area (Å²) in [5.41, 5.74) is 0.258. The smallest absolute Gasteiger partial charge is 0.339 e. The van der Waals surface area contributed by atoms with Gasteiger partial charge in [-0.2, -0.15) is 0 Å². The van der Waals surface area contributed by atoms with Crippen LogP contribution in [0.3, 0.4) is 0 Å². The Morgan fingerprint density at radius 2 is 2.13 bits per heavy atom. The van der Waals surface area contributed by atoms with E-state index >= 15 is 0 Å². The fraction of sp³-hybridized carbons (Fsp3) is 0.455. The molecular weight excluding hydrogens is 194 g/mol. The van der Waals surface area contributed by atoms with E-state index in [9.17, 15) is 9.59 Å². The lowest BCUT2D eigenvalue weighted by atomic mass is 10.2. The molecule has 4 heteroatoms. The molecule has 0 spiro atoms. The van der Waals surface area contributed by atoms with Crippen molar-refractivity contribution in [3.05, 3.63) is 34.2 Å². The summed E-state index contributed by atoms with van der Waals surface area (Å²) < 4.78 is 6.23. The minimum Gasteiger partial charge on any atom is -0.465 e. The van der Waals surface area contributed by atoms with Gasteiger partial charge in [0.25, 0.3) is 5.56 Å². The number of rotatable bonds is 2. The van der Waals surface area contributed by atoms with E-state index in [4.69, 9.17) is 0 Å². The van der Waals surface area contributed by atoms with Crippen LogP contribution in [0.25, 0.3) is 0 Å². The number of esters is 1. The van der Waals surface area contributed by atoms with E-state index in [2.05, 4.69) is 4.74 Å². The van der Waals surface area contributed by atoms with Crippen molar-refractivity contribution in [1.29, 1.82) is 0 Å². The normalized spacial score (nSPS) is 17.2. The van der Waals surface area contributed by atoms with E-state index in [0.717, 1.165) is 12.8 Å². The first-order chi connectivity index (χ1) is 7.07. The molecule has 1 aliphatic carbocycles. The predicted molar refractivity (Wildman–Crippen MR) is 54.9 cm³/mol. The van der Waals surface area contributed by atoms with Crippen molar-refractivity contribution in [2.24, 2.45) is 0 Å². The first-order valence-electron chi connectivity index (χ1n) is 4.88. The maximum absolute atomic E-state index is 11.6. The van der Waals surface area contributed by atoms with Crippen molar-refractivity contribution < 1.29 is 9.53 Å². The SMILES string of the molecule is COC(=O)c1ccc(=O)n(C2(C)CC2)c1. The van der Waals surface area contributed by atoms with E-state index in [1.165, 1.54) is 19.2 Å². The standard InChI is InChI=1S/C11H13NO3/c1-11(5-6-11)12-7-8(10(14)15-2)3-4-9(12)13/h3-4,7H,5-6H2,1-2H3. The Bertz CT molecular complexity index is 457. The van der Waals surface area contributed by atoms with Crippen LogP contribution in [-0.4, -0.2) is 17.6 Å². The maximum Gasteiger partial charge on any atom is 0.339 e. The second kappa shape index (κ2) is 3.22. The molecule has 1 saturated carbocycles. The molecule has 1 aliphatic rings. The molecular formula is C11H13NO3. The lowest BCUT2D eigenvalue weighted by Crippen LogP contribution is -2.28. The van der Waals surface area contributed by atoms with Gasteiger partial charge in [0.05, 0.1) is 12.7 Å². The Balaban J connectivity index is 2.46. The van der Waals surface area contributed by atoms with Gasteiger partial charge in [-0.05, 0) is 25.8 Å². The summed E-state index contributed by atoms with van der Waals surface area (Å²) in [4.78, 5) is 22.9. The molecule has 0 N–H and O–H groups in total. The first kappa shape index (κ1) is 9.96. The number of ether oxygens (including phenoxy) is 1. The summed E-state index contributed by atoms with van der Waals surface area (Å²) in [6, 6.07) is 2.91. The van der Waals surface area contributed by atoms with Crippen LogP contribution in [0.2, 0.25) is 0 Å². The van der Waals surface area contributed by atoms with Gasteiger partial charge in [0, 0.05) is 17.8 Å². The highest BCUT2D eigenvalue weighted by Gasteiger charge is 2.40. The van der Waals surface area contributed by atoms with Crippen LogP contribution >= 0.6 is 0 Å². The summed E-state index contributed by atoms with van der Waals surface area (Å²) in [6.07, 6.45) is 3.55. The van der Waals surface area contributed by atoms with Crippen LogP contribution in [-0.2, 0) is 10.3 Å². The number of carbonyl (C=O) groups is 1. The zero-order valence-electron chi connectivity index (χ0n) is 8.82. The minimum absolute atomic E-state index is 0.0670. The van der Waals surface area contributed by atoms with Gasteiger partial charge in [-0.3, -0.25) is 4.79 Å². The van der Waals surface area contributed by atoms with Gasteiger partial charge in [-0.1, -0.05) is 0 Å². The molecule has 0 amide bonds. The second-order valence-electron chi connectivity index (χ2n) is 4.11. The van der Waals surface area contributed by atoms with Crippen molar-refractivity contribution in [2.45, 2.75) is 25.3 Å². The number of pyridine rings is 1. The van der Waals surface area contributed by atoms with E-state index in [1.54, 1.807) is 10.8 Å². The quantitative estimate of drug-likeness (QED) is 0.683. The van der Waals surface area contributed by atoms with Crippen LogP contribution in [0, 0.1) is 0 Å². The fourth-order valence-corrected chi connectivity index (χ4v) is 1.57. The highest BCUT2D eigenvalue weighted by atomic mass is 16.5. The van der Waals surface area contributed by atoms with Crippen LogP contribution in [0.4, 0.5) is 0 Å². The van der Waals surface area contributed by atoms with Crippen LogP contribution in [0.15, 0.2) is 23.1 Å². The third-order valence-corrected chi connectivity index (χ3v) is 2.89. The number of aromatic nitrogens is 1. The van der Waals surface area contributed by atoms with Gasteiger partial charge >= 0.3 is 5.97 Å². The Morgan fingerprint density at radius 1 is 1.47 bits per heavy atom. The van der Waals surface area contributed by atoms with Crippen LogP contribution < -0.4 is 5.56 Å². The molecule has 1 heterocycles. The third-order valence-electron chi connectivity index (χ3n) is 2.89. The number of carbonyl (C=O) groups excluding carboxylic acids is 1. The highest BCUT2D eigenvalue weighted by Crippen LogP contribution is 2.41. The Hall–Kier alpha value is -1.58. The number of methoxy groups -OCH3 is 1. The molecule has 0 bridgehead atoms. The van der Waals surface area contributed by atoms with Gasteiger partial charge < -0.3 is 9.30 Å². The van der Waals surface area contributed by atoms with Gasteiger partial charge in [-0.25, -0.2) is 4.79 Å². The number of nitrogens with zero attached hydrogens (tertiary/aromatic N) is 1. The van der Waals surface area contributed by atoms with Crippen LogP contribution in [0.5, 0.6) is 0 Å². The van der Waals surface area contributed by atoms with Crippen molar-refractivity contribution in [3.8, 4) is 0 Å². The van der Waals surface area contributed by atoms with Crippen LogP contribution in [0.1, 0.15) is 30.1 Å². The monoisotopic (exact) mass is 207 g/mol. The predicted octanol–water partition coefficient (Wildman–Crippen LogP) is 1.14. The average Bonchev–Trinajstić information content (AvgIpc) is 2.97. The number of hydrogen-bond donors (Lipinski definition) is 0. The number of hydrogen-bond acceptors (Lipinski definition) is 3. The molecule has 1 fully saturated rings. The average molecular weight is 207 g/mol. The molecule has 0 unspecified atom stereocenters. The minimum atomic E-state index is -0.409. The molecule has 0 aliphatic heterocycles. The molecule has 80 valence electrons. The maximum atomic E-state index is 11.6. The van der Waals surface area contributed by atoms with Gasteiger partial charge in [-0.15, -0.1) is 0 Å². The van der Waals surface area contributed by atoms with E-state index in [0.29, 0.717) is 5.56 Å². The second-order valence-corrected chi connectivity index (χ2v) is 4.11. The van der Waals surface area contributed by atoms with Gasteiger partial charge in [0.2, 0.25) is 0 Å². The molecule has 0 radical (unpaired) electrons. The van der Waals surface area contributed by atoms with Gasteiger partial charge in [0.1, 0.15) is 0 Å². The molecule has 0 atom stereocenters. The lowest BCUT2D eigenvalue weighted by Gasteiger charge is -2.13. The van der Waals surface area contributed by atoms with E-state index < -0.39 is 5.97 Å². The molecule has 2 rings (SSSR count). The van der Waals surface area contributed by atoms with Crippen molar-refractivity contribution in [1.82, 2.24) is 4.57 Å². The molecule has 1 aromatic heterocycles. The van der Waals surface area contributed by atoms with Crippen molar-refractivity contribution in [2.75, 3.05) is 7.11 Å². The van der Waals surface area contributed by atoms with E-state index in [-0.39, 0.29) is 11.1 Å². The largest absolute Gasteiger partial charge is 0.465 e. The Kier molecular flexibility index (Phi) is 2.14. The molecule has 0 aromatic carbocycles. The molecule has 1 aromatic rings. The summed E-state index contributed by atoms with van der Waals surface area (Å²) >= 11 is 0. The molecule has 4 nitrogen and oxygen atoms in total. The summed E-state index contributed by atoms with van der Waals surface area (Å²) in [5, 5.41) is 0. The zero-order valence-corrected chi connectivity index (χ0v) is 8.82. The van der Waals surface area contributed by atoms with Crippen molar-refractivity contribution in [3.63, 3.8) is 0 Å². The third kappa shape index (κ3) is 1.67. The fourth-order valence-electron chi connectivity index (χ4n) is 1.57. The summed E-state index contributed by atoms with van der Waals surface area (Å²) in [6.45, 7) is 2.01. The molecule has 0 saturated heterocycles. The first-order valence-corrected chi connectivity index (χ1v) is 4.88. The summed E-state index contributed by atoms with van der Waals surface area (Å²) in [7, 11) is 1.33. The lowest BCUT2D eigenvalue weighted by molar-refractivity contribution is 0.0599. The summed E-state index contributed by atoms with van der Waals surface area (Å²) in [5.74, 6) is -0.409. The highest BCUT2D eigenvalue weighted by molar-refractivity contribution is 5.88. The Morgan fingerprint density at radius 3 is 2.67 bits per heavy atom. The Labute approximate surface area is 87.5 Å². The van der Waals surface area contributed by atoms with Gasteiger partial charge in [0.15, 0.2) is 0 Å². The topological polar surface area (TPSA) is 48.3 Å². The molecule has 15 heavy (non-hydrogen) atoms. The zero-order chi connectivity index (χ0) is 11.1. The van der Waals surface area contributed by atoms with Crippen molar-refractivity contribution >= 4 is 5.97 Å². The van der Waals surface area contributed by atoms with E-state index in [1.807, 2.05) is 6.92 Å².